The molecule has 0 atom stereocenters. The Morgan fingerprint density at radius 3 is 2.60 bits per heavy atom. The van der Waals surface area contributed by atoms with Crippen LogP contribution < -0.4 is 16.6 Å². The molecule has 0 saturated heterocycles. The summed E-state index contributed by atoms with van der Waals surface area (Å²) >= 11 is 0. The zero-order valence-electron chi connectivity index (χ0n) is 8.95. The molecule has 1 heterocycles. The first kappa shape index (κ1) is 10.2. The summed E-state index contributed by atoms with van der Waals surface area (Å²) in [5.74, 6) is 6.76. The van der Waals surface area contributed by atoms with Crippen molar-refractivity contribution in [3.8, 4) is 0 Å². The molecule has 5 nitrogen and oxygen atoms in total. The van der Waals surface area contributed by atoms with Gasteiger partial charge in [-0.25, -0.2) is 15.8 Å². The van der Waals surface area contributed by atoms with E-state index < -0.39 is 0 Å². The van der Waals surface area contributed by atoms with E-state index in [0.717, 1.165) is 5.82 Å². The third kappa shape index (κ3) is 2.36. The van der Waals surface area contributed by atoms with Crippen LogP contribution in [0.3, 0.4) is 0 Å². The van der Waals surface area contributed by atoms with E-state index in [1.807, 2.05) is 6.07 Å². The van der Waals surface area contributed by atoms with Crippen molar-refractivity contribution in [2.75, 3.05) is 10.7 Å². The molecule has 1 aromatic heterocycles. The van der Waals surface area contributed by atoms with Crippen LogP contribution in [0.25, 0.3) is 0 Å². The molecule has 15 heavy (non-hydrogen) atoms. The lowest BCUT2D eigenvalue weighted by molar-refractivity contribution is 0.531. The lowest BCUT2D eigenvalue weighted by Gasteiger charge is -2.25. The lowest BCUT2D eigenvalue weighted by atomic mass is 10.0. The van der Waals surface area contributed by atoms with Crippen LogP contribution in [0, 0.1) is 0 Å². The Bertz CT molecular complexity index is 332. The SMILES string of the molecule is CC1(Nc2cc(NN)ncn2)CCCC1. The van der Waals surface area contributed by atoms with E-state index in [1.165, 1.54) is 32.0 Å². The summed E-state index contributed by atoms with van der Waals surface area (Å²) in [6.07, 6.45) is 6.48. The highest BCUT2D eigenvalue weighted by Crippen LogP contribution is 2.32. The Balaban J connectivity index is 2.09. The fourth-order valence-corrected chi connectivity index (χ4v) is 2.09. The number of rotatable bonds is 3. The number of nitrogen functional groups attached to an aromatic ring is 1. The smallest absolute Gasteiger partial charge is 0.145 e. The predicted molar refractivity (Wildman–Crippen MR) is 60.3 cm³/mol. The van der Waals surface area contributed by atoms with Crippen LogP contribution >= 0.6 is 0 Å². The summed E-state index contributed by atoms with van der Waals surface area (Å²) in [4.78, 5) is 8.15. The van der Waals surface area contributed by atoms with Gasteiger partial charge in [-0.05, 0) is 19.8 Å². The number of nitrogens with one attached hydrogen (secondary N) is 2. The summed E-state index contributed by atoms with van der Waals surface area (Å²) in [5.41, 5.74) is 2.69. The standard InChI is InChI=1S/C10H17N5/c1-10(4-2-3-5-10)14-8-6-9(15-11)13-7-12-8/h6-7H,2-5,11H2,1H3,(H2,12,13,14,15). The fourth-order valence-electron chi connectivity index (χ4n) is 2.09. The molecule has 0 amide bonds. The van der Waals surface area contributed by atoms with Crippen LogP contribution in [0.2, 0.25) is 0 Å². The molecule has 4 N–H and O–H groups in total. The normalized spacial score (nSPS) is 18.8. The average Bonchev–Trinajstić information content (AvgIpc) is 2.65. The largest absolute Gasteiger partial charge is 0.365 e. The van der Waals surface area contributed by atoms with Crippen LogP contribution in [-0.4, -0.2) is 15.5 Å². The molecule has 0 aliphatic heterocycles. The van der Waals surface area contributed by atoms with Crippen LogP contribution in [-0.2, 0) is 0 Å². The number of aromatic nitrogens is 2. The highest BCUT2D eigenvalue weighted by molar-refractivity contribution is 5.47. The van der Waals surface area contributed by atoms with Crippen molar-refractivity contribution < 1.29 is 0 Å². The highest BCUT2D eigenvalue weighted by Gasteiger charge is 2.28. The Kier molecular flexibility index (Phi) is 2.73. The second-order valence-electron chi connectivity index (χ2n) is 4.33. The zero-order chi connectivity index (χ0) is 10.7. The van der Waals surface area contributed by atoms with Gasteiger partial charge in [-0.3, -0.25) is 0 Å². The number of hydrazine groups is 1. The van der Waals surface area contributed by atoms with Crippen molar-refractivity contribution >= 4 is 11.6 Å². The molecule has 0 radical (unpaired) electrons. The Morgan fingerprint density at radius 2 is 1.93 bits per heavy atom. The van der Waals surface area contributed by atoms with Gasteiger partial charge < -0.3 is 10.7 Å². The molecule has 82 valence electrons. The number of anilines is 2. The van der Waals surface area contributed by atoms with Gasteiger partial charge in [0.05, 0.1) is 0 Å². The maximum atomic E-state index is 5.29. The van der Waals surface area contributed by atoms with Gasteiger partial charge in [0, 0.05) is 11.6 Å². The van der Waals surface area contributed by atoms with E-state index in [0.29, 0.717) is 5.82 Å². The van der Waals surface area contributed by atoms with Crippen LogP contribution in [0.5, 0.6) is 0 Å². The quantitative estimate of drug-likeness (QED) is 0.517. The van der Waals surface area contributed by atoms with Crippen molar-refractivity contribution in [1.82, 2.24) is 9.97 Å². The van der Waals surface area contributed by atoms with Crippen LogP contribution in [0.15, 0.2) is 12.4 Å². The number of hydrogen-bond acceptors (Lipinski definition) is 5. The molecular formula is C10H17N5. The molecule has 0 spiro atoms. The number of nitrogens with zero attached hydrogens (tertiary/aromatic N) is 2. The molecule has 0 aromatic carbocycles. The van der Waals surface area contributed by atoms with Crippen LogP contribution in [0.1, 0.15) is 32.6 Å². The van der Waals surface area contributed by atoms with E-state index in [2.05, 4.69) is 27.6 Å². The zero-order valence-corrected chi connectivity index (χ0v) is 8.95. The predicted octanol–water partition coefficient (Wildman–Crippen LogP) is 1.51. The monoisotopic (exact) mass is 207 g/mol. The van der Waals surface area contributed by atoms with Gasteiger partial charge in [-0.2, -0.15) is 0 Å². The van der Waals surface area contributed by atoms with Crippen molar-refractivity contribution in [3.05, 3.63) is 12.4 Å². The van der Waals surface area contributed by atoms with E-state index in [1.54, 1.807) is 0 Å². The number of hydrogen-bond donors (Lipinski definition) is 3. The number of nitrogens with two attached hydrogens (primary N) is 1. The second-order valence-corrected chi connectivity index (χ2v) is 4.33. The maximum Gasteiger partial charge on any atom is 0.145 e. The lowest BCUT2D eigenvalue weighted by Crippen LogP contribution is -2.31. The van der Waals surface area contributed by atoms with Gasteiger partial charge in [-0.1, -0.05) is 12.8 Å². The van der Waals surface area contributed by atoms with E-state index in [4.69, 9.17) is 5.84 Å². The summed E-state index contributed by atoms with van der Waals surface area (Å²) < 4.78 is 0. The summed E-state index contributed by atoms with van der Waals surface area (Å²) in [5, 5.41) is 3.45. The fraction of sp³-hybridized carbons (Fsp3) is 0.600. The highest BCUT2D eigenvalue weighted by atomic mass is 15.3. The molecule has 5 heteroatoms. The summed E-state index contributed by atoms with van der Waals surface area (Å²) in [6.45, 7) is 2.23. The Morgan fingerprint density at radius 1 is 1.27 bits per heavy atom. The third-order valence-electron chi connectivity index (χ3n) is 2.95. The third-order valence-corrected chi connectivity index (χ3v) is 2.95. The van der Waals surface area contributed by atoms with Gasteiger partial charge in [0.2, 0.25) is 0 Å². The van der Waals surface area contributed by atoms with Crippen molar-refractivity contribution in [3.63, 3.8) is 0 Å². The molecule has 1 saturated carbocycles. The minimum atomic E-state index is 0.181. The summed E-state index contributed by atoms with van der Waals surface area (Å²) in [7, 11) is 0. The molecule has 1 fully saturated rings. The minimum Gasteiger partial charge on any atom is -0.365 e. The summed E-state index contributed by atoms with van der Waals surface area (Å²) in [6, 6.07) is 1.82. The molecular weight excluding hydrogens is 190 g/mol. The maximum absolute atomic E-state index is 5.29. The van der Waals surface area contributed by atoms with Gasteiger partial charge in [0.15, 0.2) is 0 Å². The first-order valence-electron chi connectivity index (χ1n) is 5.29. The molecule has 1 aliphatic carbocycles. The van der Waals surface area contributed by atoms with E-state index >= 15 is 0 Å². The van der Waals surface area contributed by atoms with Gasteiger partial charge in [0.1, 0.15) is 18.0 Å². The molecule has 0 unspecified atom stereocenters. The van der Waals surface area contributed by atoms with E-state index in [-0.39, 0.29) is 5.54 Å². The van der Waals surface area contributed by atoms with Crippen molar-refractivity contribution in [1.29, 1.82) is 0 Å². The molecule has 2 rings (SSSR count). The van der Waals surface area contributed by atoms with Crippen molar-refractivity contribution in [2.24, 2.45) is 5.84 Å². The second kappa shape index (κ2) is 4.02. The Hall–Kier alpha value is -1.36. The van der Waals surface area contributed by atoms with Gasteiger partial charge in [0.25, 0.3) is 0 Å². The first-order chi connectivity index (χ1) is 7.22. The topological polar surface area (TPSA) is 75.9 Å². The molecule has 1 aliphatic rings. The molecule has 1 aromatic rings. The van der Waals surface area contributed by atoms with Gasteiger partial charge >= 0.3 is 0 Å². The van der Waals surface area contributed by atoms with Crippen LogP contribution in [0.4, 0.5) is 11.6 Å². The average molecular weight is 207 g/mol. The van der Waals surface area contributed by atoms with E-state index in [9.17, 15) is 0 Å². The molecule has 0 bridgehead atoms. The van der Waals surface area contributed by atoms with Crippen molar-refractivity contribution in [2.45, 2.75) is 38.1 Å². The Labute approximate surface area is 89.5 Å². The minimum absolute atomic E-state index is 0.181. The van der Waals surface area contributed by atoms with Gasteiger partial charge in [-0.15, -0.1) is 0 Å². The first-order valence-corrected chi connectivity index (χ1v) is 5.29.